The highest BCUT2D eigenvalue weighted by atomic mass is 35.5. The zero-order chi connectivity index (χ0) is 65.9. The molecule has 2 aliphatic heterocycles. The molecule has 0 atom stereocenters. The molecule has 12 rings (SSSR count). The number of amides is 2. The number of sulfonamides is 1. The number of nitrogen functional groups attached to an aromatic ring is 1. The maximum absolute atomic E-state index is 12.7. The van der Waals surface area contributed by atoms with E-state index in [4.69, 9.17) is 26.8 Å². The standard InChI is InChI=1S/C30H34N10O4S2.C22H27ClN6O2.C9H9N3O2S2/c1-30(2,3)44-29(41)39-14-11-38(12-15-39)13-16-40-20-22(19-32-40)21-17-25-24(31-18-21)9-10-26(33-25)34-27-35-36-28(45-27)46(42,43)37-23-7-5-4-6-8-23;1-22(2,3)31-21(30)28-9-6-27(7-10-28)8-11-29-15-17(14-25-29)16-12-19-18(24-13-16)4-5-20(23)26-19;10-8-11-12-9(15-8)16(13,14)6-7-4-2-1-3-5-7/h4-10,17-20,37H,11-16H2,1-3H3,(H,33,34,35);4-5,12-15H,6-11H2,1-3H3;1-5H,6H2,(H2,10,11). The number of carbonyl (C=O) groups excluding carboxylic acids is 2. The van der Waals surface area contributed by atoms with E-state index >= 15 is 0 Å². The van der Waals surface area contributed by atoms with Gasteiger partial charge < -0.3 is 30.3 Å². The SMILES string of the molecule is CC(C)(C)OC(=O)N1CCN(CCn2cc(-c3cnc4ccc(Cl)nc4c3)cn2)CC1.CC(C)(C)OC(=O)N1CCN(CCn2cc(-c3cnc4ccc(Nc5nnc(S(=O)(=O)Nc6ccccc6)s5)nc4c3)cn2)CC1.Nc1nnc(S(=O)(=O)Cc2ccccc2)s1. The van der Waals surface area contributed by atoms with Gasteiger partial charge in [-0.05, 0) is 95.6 Å². The molecule has 4 N–H and O–H groups in total. The van der Waals surface area contributed by atoms with Crippen molar-refractivity contribution in [3.8, 4) is 22.3 Å². The van der Waals surface area contributed by atoms with E-state index in [-0.39, 0.29) is 36.9 Å². The molecule has 0 radical (unpaired) electrons. The Balaban J connectivity index is 0.000000172. The van der Waals surface area contributed by atoms with Crippen LogP contribution < -0.4 is 15.8 Å². The Hall–Kier alpha value is -8.85. The second-order valence-corrected chi connectivity index (χ2v) is 30.0. The fourth-order valence-electron chi connectivity index (χ4n) is 9.48. The van der Waals surface area contributed by atoms with Gasteiger partial charge in [0.05, 0.1) is 53.3 Å². The van der Waals surface area contributed by atoms with E-state index in [1.54, 1.807) is 88.9 Å². The molecule has 10 aromatic rings. The number of nitrogens with one attached hydrogen (secondary N) is 2. The number of para-hydroxylation sites is 1. The molecule has 0 aliphatic carbocycles. The Labute approximate surface area is 550 Å². The molecule has 27 nitrogen and oxygen atoms in total. The summed E-state index contributed by atoms with van der Waals surface area (Å²) in [6, 6.07) is 28.6. The molecule has 0 saturated carbocycles. The number of ether oxygens (including phenoxy) is 2. The average Bonchev–Trinajstić information content (AvgIpc) is 1.85. The first-order valence-electron chi connectivity index (χ1n) is 29.5. The average molecular weight is 1360 g/mol. The lowest BCUT2D eigenvalue weighted by Crippen LogP contribution is -2.50. The van der Waals surface area contributed by atoms with Gasteiger partial charge in [-0.15, -0.1) is 20.4 Å². The van der Waals surface area contributed by atoms with Crippen molar-refractivity contribution in [2.45, 2.75) is 80.3 Å². The fraction of sp³-hybridized carbons (Fsp3) is 0.344. The summed E-state index contributed by atoms with van der Waals surface area (Å²) in [5.41, 5.74) is 12.2. The minimum absolute atomic E-state index is 0.0335. The van der Waals surface area contributed by atoms with E-state index in [9.17, 15) is 26.4 Å². The molecule has 2 fully saturated rings. The van der Waals surface area contributed by atoms with E-state index in [1.165, 1.54) is 0 Å². The summed E-state index contributed by atoms with van der Waals surface area (Å²) in [6.07, 6.45) is 10.8. The van der Waals surface area contributed by atoms with E-state index in [0.29, 0.717) is 60.4 Å². The molecule has 2 aromatic carbocycles. The predicted molar refractivity (Wildman–Crippen MR) is 357 cm³/mol. The third-order valence-corrected chi connectivity index (χ3v) is 19.8. The van der Waals surface area contributed by atoms with Gasteiger partial charge in [0.1, 0.15) is 22.2 Å². The normalized spacial score (nSPS) is 14.2. The van der Waals surface area contributed by atoms with Crippen LogP contribution in [0.5, 0.6) is 0 Å². The number of hydrogen-bond acceptors (Lipinski definition) is 24. The Bertz CT molecular complexity index is 4410. The van der Waals surface area contributed by atoms with Crippen molar-refractivity contribution >= 4 is 110 Å². The van der Waals surface area contributed by atoms with Crippen molar-refractivity contribution in [3.05, 3.63) is 145 Å². The number of nitrogens with two attached hydrogens (primary N) is 1. The van der Waals surface area contributed by atoms with Gasteiger partial charge in [0.25, 0.3) is 14.4 Å². The number of nitrogens with zero attached hydrogens (tertiary/aromatic N) is 16. The van der Waals surface area contributed by atoms with Crippen molar-refractivity contribution in [1.29, 1.82) is 0 Å². The zero-order valence-electron chi connectivity index (χ0n) is 51.9. The fourth-order valence-corrected chi connectivity index (χ4v) is 13.8. The first kappa shape index (κ1) is 67.1. The molecule has 2 saturated heterocycles. The topological polar surface area (TPSA) is 323 Å². The molecule has 2 aliphatic rings. The van der Waals surface area contributed by atoms with E-state index < -0.39 is 31.1 Å². The number of fused-ring (bicyclic) bond motifs is 2. The maximum atomic E-state index is 12.7. The third-order valence-electron chi connectivity index (χ3n) is 14.1. The van der Waals surface area contributed by atoms with Crippen LogP contribution in [0, 0.1) is 0 Å². The summed E-state index contributed by atoms with van der Waals surface area (Å²) in [7, 11) is -7.31. The summed E-state index contributed by atoms with van der Waals surface area (Å²) in [5, 5.41) is 27.8. The number of carbonyl (C=O) groups is 2. The van der Waals surface area contributed by atoms with Crippen LogP contribution in [-0.4, -0.2) is 185 Å². The first-order chi connectivity index (χ1) is 44.3. The monoisotopic (exact) mass is 1360 g/mol. The Morgan fingerprint density at radius 3 is 1.59 bits per heavy atom. The molecule has 93 heavy (non-hydrogen) atoms. The maximum Gasteiger partial charge on any atom is 0.410 e. The minimum atomic E-state index is -3.88. The lowest BCUT2D eigenvalue weighted by Gasteiger charge is -2.35. The van der Waals surface area contributed by atoms with Crippen LogP contribution in [0.15, 0.2) is 143 Å². The van der Waals surface area contributed by atoms with Crippen LogP contribution in [0.3, 0.4) is 0 Å². The van der Waals surface area contributed by atoms with E-state index in [0.717, 1.165) is 107 Å². The highest BCUT2D eigenvalue weighted by molar-refractivity contribution is 7.94. The number of anilines is 4. The largest absolute Gasteiger partial charge is 0.444 e. The van der Waals surface area contributed by atoms with Crippen molar-refractivity contribution in [2.75, 3.05) is 81.2 Å². The lowest BCUT2D eigenvalue weighted by atomic mass is 10.1. The number of hydrogen-bond donors (Lipinski definition) is 3. The molecule has 2 amide bonds. The van der Waals surface area contributed by atoms with Crippen molar-refractivity contribution in [3.63, 3.8) is 0 Å². The molecule has 32 heteroatoms. The molecule has 8 aromatic heterocycles. The van der Waals surface area contributed by atoms with Gasteiger partial charge in [-0.2, -0.15) is 18.6 Å². The molecule has 10 heterocycles. The van der Waals surface area contributed by atoms with Crippen LogP contribution in [0.2, 0.25) is 5.15 Å². The molecule has 0 unspecified atom stereocenters. The zero-order valence-corrected chi connectivity index (χ0v) is 55.9. The summed E-state index contributed by atoms with van der Waals surface area (Å²) in [4.78, 5) is 50.7. The van der Waals surface area contributed by atoms with Crippen LogP contribution >= 0.6 is 34.3 Å². The van der Waals surface area contributed by atoms with Crippen molar-refractivity contribution < 1.29 is 35.9 Å². The van der Waals surface area contributed by atoms with Gasteiger partial charge in [-0.25, -0.2) is 28.0 Å². The van der Waals surface area contributed by atoms with Gasteiger partial charge in [0.2, 0.25) is 24.4 Å². The third kappa shape index (κ3) is 19.1. The predicted octanol–water partition coefficient (Wildman–Crippen LogP) is 9.24. The van der Waals surface area contributed by atoms with E-state index in [1.807, 2.05) is 106 Å². The molecule has 0 bridgehead atoms. The number of piperazine rings is 2. The van der Waals surface area contributed by atoms with Gasteiger partial charge in [-0.3, -0.25) is 33.9 Å². The Kier molecular flexibility index (Phi) is 21.2. The van der Waals surface area contributed by atoms with Gasteiger partial charge in [0.15, 0.2) is 0 Å². The van der Waals surface area contributed by atoms with Crippen LogP contribution in [0.1, 0.15) is 47.1 Å². The second kappa shape index (κ2) is 29.4. The molecule has 488 valence electrons. The van der Waals surface area contributed by atoms with Crippen LogP contribution in [0.25, 0.3) is 44.3 Å². The van der Waals surface area contributed by atoms with Gasteiger partial charge in [0, 0.05) is 118 Å². The summed E-state index contributed by atoms with van der Waals surface area (Å²) in [5.74, 6) is 0.396. The van der Waals surface area contributed by atoms with E-state index in [2.05, 4.69) is 70.4 Å². The van der Waals surface area contributed by atoms with Crippen molar-refractivity contribution in [2.24, 2.45) is 0 Å². The number of benzene rings is 2. The summed E-state index contributed by atoms with van der Waals surface area (Å²) >= 11 is 7.79. The Morgan fingerprint density at radius 2 is 1.08 bits per heavy atom. The number of pyridine rings is 4. The highest BCUT2D eigenvalue weighted by Crippen LogP contribution is 2.29. The minimum Gasteiger partial charge on any atom is -0.444 e. The Morgan fingerprint density at radius 1 is 0.570 bits per heavy atom. The lowest BCUT2D eigenvalue weighted by molar-refractivity contribution is 0.0133. The number of aromatic nitrogens is 12. The number of sulfone groups is 1. The van der Waals surface area contributed by atoms with Crippen LogP contribution in [-0.2, 0) is 48.2 Å². The second-order valence-electron chi connectivity index (χ2n) is 23.6. The number of rotatable bonds is 16. The summed E-state index contributed by atoms with van der Waals surface area (Å²) < 4.78 is 66.3. The quantitative estimate of drug-likeness (QED) is 0.0758. The van der Waals surface area contributed by atoms with Gasteiger partial charge in [-0.1, -0.05) is 82.8 Å². The van der Waals surface area contributed by atoms with Gasteiger partial charge >= 0.3 is 12.2 Å². The van der Waals surface area contributed by atoms with Crippen LogP contribution in [0.4, 0.5) is 31.4 Å². The number of halogens is 1. The first-order valence-corrected chi connectivity index (χ1v) is 34.7. The molecule has 0 spiro atoms. The summed E-state index contributed by atoms with van der Waals surface area (Å²) in [6.45, 7) is 20.3. The molecular formula is C61H70ClN19O8S4. The smallest absolute Gasteiger partial charge is 0.410 e. The molecular weight excluding hydrogens is 1290 g/mol. The highest BCUT2D eigenvalue weighted by Gasteiger charge is 2.28. The van der Waals surface area contributed by atoms with Crippen molar-refractivity contribution in [1.82, 2.24) is 79.5 Å².